The first kappa shape index (κ1) is 29.5. The van der Waals surface area contributed by atoms with E-state index in [0.717, 1.165) is 38.6 Å². The Morgan fingerprint density at radius 2 is 1.85 bits per heavy atom. The molecule has 1 fully saturated rings. The van der Waals surface area contributed by atoms with Gasteiger partial charge in [0.1, 0.15) is 11.8 Å². The molecule has 3 unspecified atom stereocenters. The minimum atomic E-state index is -0.555. The van der Waals surface area contributed by atoms with Gasteiger partial charge in [-0.2, -0.15) is 5.26 Å². The fourth-order valence-corrected chi connectivity index (χ4v) is 8.81. The molecule has 11 nitrogen and oxygen atoms in total. The smallest absolute Gasteiger partial charge is 0.308 e. The summed E-state index contributed by atoms with van der Waals surface area (Å²) >= 11 is 0. The topological polar surface area (TPSA) is 130 Å². The lowest BCUT2D eigenvalue weighted by Gasteiger charge is -2.60. The number of aromatic nitrogens is 1. The number of aromatic hydroxyl groups is 2. The van der Waals surface area contributed by atoms with Crippen LogP contribution in [-0.4, -0.2) is 69.6 Å². The number of hydrogen-bond acceptors (Lipinski definition) is 10. The first-order valence-electron chi connectivity index (χ1n) is 15.8. The van der Waals surface area contributed by atoms with Crippen LogP contribution in [0.15, 0.2) is 36.5 Å². The van der Waals surface area contributed by atoms with Crippen LogP contribution in [0, 0.1) is 25.2 Å². The van der Waals surface area contributed by atoms with E-state index in [-0.39, 0.29) is 43.1 Å². The molecular formula is C36H36N4O7. The molecule has 11 heteroatoms. The van der Waals surface area contributed by atoms with Gasteiger partial charge >= 0.3 is 5.97 Å². The van der Waals surface area contributed by atoms with Crippen molar-refractivity contribution in [1.82, 2.24) is 14.4 Å². The highest BCUT2D eigenvalue weighted by atomic mass is 16.7. The molecule has 5 heterocycles. The van der Waals surface area contributed by atoms with Gasteiger partial charge in [-0.25, -0.2) is 0 Å². The zero-order valence-corrected chi connectivity index (χ0v) is 26.9. The Kier molecular flexibility index (Phi) is 6.62. The van der Waals surface area contributed by atoms with Gasteiger partial charge in [0, 0.05) is 64.8 Å². The number of phenols is 1. The Morgan fingerprint density at radius 3 is 2.57 bits per heavy atom. The number of likely N-dealkylation sites (N-methyl/N-ethyl adjacent to an activating group) is 1. The maximum atomic E-state index is 12.5. The summed E-state index contributed by atoms with van der Waals surface area (Å²) in [6.07, 6.45) is 2.88. The number of nitriles is 1. The number of nitrogens with zero attached hydrogens (tertiary/aromatic N) is 4. The van der Waals surface area contributed by atoms with Crippen molar-refractivity contribution in [3.8, 4) is 40.7 Å². The van der Waals surface area contributed by atoms with Crippen LogP contribution < -0.4 is 18.9 Å². The summed E-state index contributed by atoms with van der Waals surface area (Å²) < 4.78 is 25.6. The van der Waals surface area contributed by atoms with Crippen LogP contribution in [0.4, 0.5) is 0 Å². The third kappa shape index (κ3) is 4.08. The van der Waals surface area contributed by atoms with Gasteiger partial charge in [0.15, 0.2) is 28.9 Å². The third-order valence-corrected chi connectivity index (χ3v) is 10.6. The number of methoxy groups -OCH3 is 1. The predicted molar refractivity (Wildman–Crippen MR) is 171 cm³/mol. The molecule has 47 heavy (non-hydrogen) atoms. The Morgan fingerprint density at radius 1 is 1.09 bits per heavy atom. The largest absolute Gasteiger partial charge is 0.504 e. The van der Waals surface area contributed by atoms with E-state index in [0.29, 0.717) is 41.4 Å². The second kappa shape index (κ2) is 10.6. The van der Waals surface area contributed by atoms with Gasteiger partial charge in [-0.05, 0) is 50.9 Å². The fourth-order valence-electron chi connectivity index (χ4n) is 8.81. The molecular weight excluding hydrogens is 600 g/mol. The molecule has 2 N–H and O–H groups in total. The molecule has 5 atom stereocenters. The standard InChI is InChI=1S/C36H36N4O7/c1-17-10-21-11-24-26(13-37)40-25(30(38(24)4)28(21)31(42)32(17)44-5)12-23-29(35-34(45-16-46-35)18(2)33(23)47-19(3)41)27(40)15-39-14-20-8-6-7-9-22(20)36(39)43/h6-10,14,24-27,30,42-43H,11-12,15-16H2,1-5H3/t24?,25?,26?,27-,30-/m0/s1. The molecule has 2 bridgehead atoms. The highest BCUT2D eigenvalue weighted by molar-refractivity contribution is 5.87. The normalized spacial score (nSPS) is 24.3. The average Bonchev–Trinajstić information content (AvgIpc) is 3.65. The Hall–Kier alpha value is -4.92. The van der Waals surface area contributed by atoms with Gasteiger partial charge in [0.05, 0.1) is 25.3 Å². The van der Waals surface area contributed by atoms with E-state index in [4.69, 9.17) is 18.9 Å². The summed E-state index contributed by atoms with van der Waals surface area (Å²) in [5.41, 5.74) is 4.84. The number of esters is 1. The molecule has 0 saturated carbocycles. The Labute approximate surface area is 272 Å². The fraction of sp³-hybridized carbons (Fsp3) is 0.389. The van der Waals surface area contributed by atoms with Crippen molar-refractivity contribution in [1.29, 1.82) is 5.26 Å². The van der Waals surface area contributed by atoms with Crippen LogP contribution in [0.3, 0.4) is 0 Å². The third-order valence-electron chi connectivity index (χ3n) is 10.6. The Balaban J connectivity index is 1.40. The summed E-state index contributed by atoms with van der Waals surface area (Å²) in [5.74, 6) is 1.69. The molecule has 1 saturated heterocycles. The molecule has 4 aliphatic rings. The molecule has 1 aromatic heterocycles. The van der Waals surface area contributed by atoms with E-state index in [9.17, 15) is 20.3 Å². The highest BCUT2D eigenvalue weighted by Gasteiger charge is 2.57. The highest BCUT2D eigenvalue weighted by Crippen LogP contribution is 2.59. The van der Waals surface area contributed by atoms with Crippen molar-refractivity contribution in [3.05, 3.63) is 69.9 Å². The van der Waals surface area contributed by atoms with Crippen molar-refractivity contribution >= 4 is 16.7 Å². The molecule has 242 valence electrons. The van der Waals surface area contributed by atoms with Crippen LogP contribution in [-0.2, 0) is 24.2 Å². The van der Waals surface area contributed by atoms with Crippen LogP contribution >= 0.6 is 0 Å². The average molecular weight is 637 g/mol. The van der Waals surface area contributed by atoms with Gasteiger partial charge in [-0.1, -0.05) is 24.3 Å². The van der Waals surface area contributed by atoms with Gasteiger partial charge in [-0.3, -0.25) is 14.6 Å². The van der Waals surface area contributed by atoms with Crippen molar-refractivity contribution in [2.75, 3.05) is 21.0 Å². The second-order valence-electron chi connectivity index (χ2n) is 13.0. The summed E-state index contributed by atoms with van der Waals surface area (Å²) in [7, 11) is 3.57. The maximum Gasteiger partial charge on any atom is 0.308 e. The number of aryl methyl sites for hydroxylation is 1. The van der Waals surface area contributed by atoms with Crippen LogP contribution in [0.25, 0.3) is 10.8 Å². The molecule has 0 radical (unpaired) electrons. The van der Waals surface area contributed by atoms with E-state index >= 15 is 0 Å². The number of carbonyl (C=O) groups is 1. The van der Waals surface area contributed by atoms with E-state index < -0.39 is 18.1 Å². The first-order chi connectivity index (χ1) is 22.6. The van der Waals surface area contributed by atoms with Gasteiger partial charge in [-0.15, -0.1) is 0 Å². The zero-order valence-electron chi connectivity index (χ0n) is 26.9. The monoisotopic (exact) mass is 636 g/mol. The van der Waals surface area contributed by atoms with Crippen molar-refractivity contribution < 1.29 is 34.0 Å². The van der Waals surface area contributed by atoms with Crippen molar-refractivity contribution in [2.45, 2.75) is 70.4 Å². The van der Waals surface area contributed by atoms with Crippen molar-refractivity contribution in [2.24, 2.45) is 0 Å². The summed E-state index contributed by atoms with van der Waals surface area (Å²) in [5, 5.41) is 35.7. The molecule has 8 rings (SSSR count). The predicted octanol–water partition coefficient (Wildman–Crippen LogP) is 4.80. The van der Waals surface area contributed by atoms with Crippen LogP contribution in [0.5, 0.6) is 34.6 Å². The number of hydrogen-bond donors (Lipinski definition) is 2. The lowest BCUT2D eigenvalue weighted by Crippen LogP contribution is -2.68. The number of piperazine rings is 1. The van der Waals surface area contributed by atoms with Gasteiger partial charge in [0.25, 0.3) is 0 Å². The number of fused-ring (bicyclic) bond motifs is 10. The SMILES string of the molecule is COc1c(C)cc2c(c1O)[C@@H]1C3Cc4c(OC(C)=O)c(C)c5c(c4[C@H](Cn4cc6ccccc6c4O)N3C(C#N)C(C2)N1C)OCO5. The lowest BCUT2D eigenvalue weighted by atomic mass is 9.71. The summed E-state index contributed by atoms with van der Waals surface area (Å²) in [4.78, 5) is 17.0. The van der Waals surface area contributed by atoms with Crippen LogP contribution in [0.1, 0.15) is 52.4 Å². The molecule has 0 spiro atoms. The Bertz CT molecular complexity index is 2030. The maximum absolute atomic E-state index is 12.5. The number of benzene rings is 3. The quantitative estimate of drug-likeness (QED) is 0.238. The number of carbonyl (C=O) groups excluding carboxylic acids is 1. The van der Waals surface area contributed by atoms with Gasteiger partial charge in [0.2, 0.25) is 6.79 Å². The number of ether oxygens (including phenoxy) is 4. The van der Waals surface area contributed by atoms with E-state index in [1.54, 1.807) is 7.11 Å². The van der Waals surface area contributed by atoms with Crippen molar-refractivity contribution in [3.63, 3.8) is 0 Å². The van der Waals surface area contributed by atoms with Gasteiger partial charge < -0.3 is 33.7 Å². The zero-order chi connectivity index (χ0) is 32.9. The summed E-state index contributed by atoms with van der Waals surface area (Å²) in [6, 6.07) is 10.5. The molecule has 4 aliphatic heterocycles. The lowest BCUT2D eigenvalue weighted by molar-refractivity contribution is -0.132. The first-order valence-corrected chi connectivity index (χ1v) is 15.8. The minimum Gasteiger partial charge on any atom is -0.504 e. The molecule has 4 aromatic rings. The summed E-state index contributed by atoms with van der Waals surface area (Å²) in [6.45, 7) is 5.44. The van der Waals surface area contributed by atoms with E-state index in [1.807, 2.05) is 55.9 Å². The molecule has 0 amide bonds. The van der Waals surface area contributed by atoms with E-state index in [1.165, 1.54) is 6.92 Å². The minimum absolute atomic E-state index is 0.0109. The number of rotatable bonds is 4. The molecule has 3 aromatic carbocycles. The number of phenolic OH excluding ortho intramolecular Hbond substituents is 1. The molecule has 0 aliphatic carbocycles. The second-order valence-corrected chi connectivity index (χ2v) is 13.0. The van der Waals surface area contributed by atoms with E-state index in [2.05, 4.69) is 21.9 Å². The van der Waals surface area contributed by atoms with Crippen LogP contribution in [0.2, 0.25) is 0 Å².